The molecule has 15 heteroatoms. The summed E-state index contributed by atoms with van der Waals surface area (Å²) in [5.41, 5.74) is -0.622. The van der Waals surface area contributed by atoms with Crippen molar-refractivity contribution >= 4 is 23.9 Å². The fourth-order valence-electron chi connectivity index (χ4n) is 4.82. The SMILES string of the molecule is COc1ccc(CN(Cc2ccnc(N3CCOCC3)n2)CC2CCCO2)c(OC)c1.O=C(O)CC(O)(CC(=O)O)C(=O)O. The van der Waals surface area contributed by atoms with Crippen LogP contribution in [0.5, 0.6) is 11.5 Å². The minimum Gasteiger partial charge on any atom is -0.497 e. The van der Waals surface area contributed by atoms with E-state index < -0.39 is 36.4 Å². The standard InChI is InChI=1S/C23H32N4O4.C6H8O7/c1-28-20-6-5-18(22(14-20)29-2)15-26(17-21-4-3-11-31-21)16-19-7-8-24-23(25-19)27-9-12-30-13-10-27;7-3(8)1-6(13,5(11)12)2-4(9)10/h5-8,14,21H,3-4,9-13,15-17H2,1-2H3;13H,1-2H2,(H,7,8)(H,9,10)(H,11,12). The van der Waals surface area contributed by atoms with Crippen molar-refractivity contribution in [1.82, 2.24) is 14.9 Å². The van der Waals surface area contributed by atoms with E-state index in [0.717, 1.165) is 94.1 Å². The fourth-order valence-corrected chi connectivity index (χ4v) is 4.82. The molecule has 0 saturated carbocycles. The average Bonchev–Trinajstić information content (AvgIpc) is 3.50. The number of carbonyl (C=O) groups is 3. The molecule has 3 heterocycles. The second-order valence-corrected chi connectivity index (χ2v) is 10.4. The zero-order valence-corrected chi connectivity index (χ0v) is 24.9. The third-order valence-corrected chi connectivity index (χ3v) is 7.04. The molecule has 2 fully saturated rings. The molecule has 1 aromatic carbocycles. The van der Waals surface area contributed by atoms with Crippen molar-refractivity contribution in [2.75, 3.05) is 58.6 Å². The van der Waals surface area contributed by atoms with E-state index in [1.54, 1.807) is 14.2 Å². The highest BCUT2D eigenvalue weighted by Crippen LogP contribution is 2.27. The third-order valence-electron chi connectivity index (χ3n) is 7.04. The molecule has 242 valence electrons. The van der Waals surface area contributed by atoms with Crippen molar-refractivity contribution in [3.8, 4) is 11.5 Å². The maximum Gasteiger partial charge on any atom is 0.336 e. The number of rotatable bonds is 14. The van der Waals surface area contributed by atoms with Gasteiger partial charge in [-0.25, -0.2) is 14.8 Å². The van der Waals surface area contributed by atoms with Gasteiger partial charge in [-0.2, -0.15) is 0 Å². The molecule has 0 spiro atoms. The highest BCUT2D eigenvalue weighted by molar-refractivity contribution is 5.88. The Morgan fingerprint density at radius 3 is 2.30 bits per heavy atom. The van der Waals surface area contributed by atoms with Crippen LogP contribution >= 0.6 is 0 Å². The average molecular weight is 621 g/mol. The highest BCUT2D eigenvalue weighted by atomic mass is 16.5. The molecule has 2 saturated heterocycles. The zero-order chi connectivity index (χ0) is 32.1. The number of carboxylic acid groups (broad SMARTS) is 3. The Morgan fingerprint density at radius 1 is 1.02 bits per heavy atom. The van der Waals surface area contributed by atoms with Crippen molar-refractivity contribution in [3.63, 3.8) is 0 Å². The van der Waals surface area contributed by atoms with E-state index in [1.807, 2.05) is 24.4 Å². The molecule has 0 bridgehead atoms. The first-order valence-corrected chi connectivity index (χ1v) is 14.1. The quantitative estimate of drug-likeness (QED) is 0.235. The number of hydrogen-bond donors (Lipinski definition) is 4. The Balaban J connectivity index is 0.000000345. The lowest BCUT2D eigenvalue weighted by atomic mass is 9.96. The second-order valence-electron chi connectivity index (χ2n) is 10.4. The van der Waals surface area contributed by atoms with Crippen molar-refractivity contribution < 1.29 is 53.8 Å². The molecule has 0 aliphatic carbocycles. The van der Waals surface area contributed by atoms with Gasteiger partial charge in [0, 0.05) is 57.2 Å². The topological polar surface area (TPSA) is 201 Å². The molecule has 0 radical (unpaired) electrons. The molecular weight excluding hydrogens is 580 g/mol. The number of aromatic nitrogens is 2. The van der Waals surface area contributed by atoms with E-state index in [-0.39, 0.29) is 6.10 Å². The van der Waals surface area contributed by atoms with Crippen LogP contribution in [-0.2, 0) is 36.9 Å². The molecule has 4 N–H and O–H groups in total. The number of aliphatic hydroxyl groups is 1. The lowest BCUT2D eigenvalue weighted by Crippen LogP contribution is -2.42. The number of methoxy groups -OCH3 is 2. The molecular formula is C29H40N4O11. The summed E-state index contributed by atoms with van der Waals surface area (Å²) < 4.78 is 22.3. The van der Waals surface area contributed by atoms with Crippen LogP contribution in [0, 0.1) is 0 Å². The van der Waals surface area contributed by atoms with E-state index in [9.17, 15) is 14.4 Å². The molecule has 2 aliphatic heterocycles. The van der Waals surface area contributed by atoms with Gasteiger partial charge in [0.25, 0.3) is 0 Å². The van der Waals surface area contributed by atoms with Crippen LogP contribution in [-0.4, -0.2) is 119 Å². The van der Waals surface area contributed by atoms with Gasteiger partial charge in [0.05, 0.1) is 52.1 Å². The minimum atomic E-state index is -2.74. The zero-order valence-electron chi connectivity index (χ0n) is 24.9. The van der Waals surface area contributed by atoms with Gasteiger partial charge in [-0.15, -0.1) is 0 Å². The Morgan fingerprint density at radius 2 is 1.73 bits per heavy atom. The lowest BCUT2D eigenvalue weighted by molar-refractivity contribution is -0.170. The van der Waals surface area contributed by atoms with Gasteiger partial charge in [0.15, 0.2) is 5.60 Å². The number of nitrogens with zero attached hydrogens (tertiary/aromatic N) is 4. The van der Waals surface area contributed by atoms with Crippen molar-refractivity contribution in [1.29, 1.82) is 0 Å². The van der Waals surface area contributed by atoms with Gasteiger partial charge < -0.3 is 44.3 Å². The number of benzene rings is 1. The van der Waals surface area contributed by atoms with Gasteiger partial charge in [-0.3, -0.25) is 14.5 Å². The van der Waals surface area contributed by atoms with E-state index in [2.05, 4.69) is 20.9 Å². The summed E-state index contributed by atoms with van der Waals surface area (Å²) in [4.78, 5) is 44.4. The summed E-state index contributed by atoms with van der Waals surface area (Å²) >= 11 is 0. The number of morpholine rings is 1. The Kier molecular flexibility index (Phi) is 13.1. The first-order chi connectivity index (χ1) is 21.0. The van der Waals surface area contributed by atoms with Gasteiger partial charge >= 0.3 is 17.9 Å². The molecule has 15 nitrogen and oxygen atoms in total. The van der Waals surface area contributed by atoms with Gasteiger partial charge in [-0.05, 0) is 25.0 Å². The molecule has 1 aromatic heterocycles. The van der Waals surface area contributed by atoms with Crippen molar-refractivity contribution in [2.45, 2.75) is 50.5 Å². The number of hydrogen-bond acceptors (Lipinski definition) is 12. The van der Waals surface area contributed by atoms with Crippen LogP contribution in [0.15, 0.2) is 30.5 Å². The normalized spacial score (nSPS) is 16.6. The molecule has 1 unspecified atom stereocenters. The molecule has 0 amide bonds. The third kappa shape index (κ3) is 10.6. The van der Waals surface area contributed by atoms with Crippen LogP contribution in [0.2, 0.25) is 0 Å². The van der Waals surface area contributed by atoms with E-state index in [0.29, 0.717) is 0 Å². The monoisotopic (exact) mass is 620 g/mol. The molecule has 2 aromatic rings. The molecule has 4 rings (SSSR count). The Hall–Kier alpha value is -4.05. The summed E-state index contributed by atoms with van der Waals surface area (Å²) in [5.74, 6) is -2.62. The van der Waals surface area contributed by atoms with Crippen LogP contribution in [0.4, 0.5) is 5.95 Å². The van der Waals surface area contributed by atoms with Crippen LogP contribution in [0.25, 0.3) is 0 Å². The molecule has 2 aliphatic rings. The maximum absolute atomic E-state index is 10.3. The molecule has 44 heavy (non-hydrogen) atoms. The smallest absolute Gasteiger partial charge is 0.336 e. The van der Waals surface area contributed by atoms with Crippen LogP contribution in [0.3, 0.4) is 0 Å². The van der Waals surface area contributed by atoms with Gasteiger partial charge in [0.2, 0.25) is 5.95 Å². The number of aliphatic carboxylic acids is 3. The van der Waals surface area contributed by atoms with Crippen LogP contribution < -0.4 is 14.4 Å². The largest absolute Gasteiger partial charge is 0.497 e. The van der Waals surface area contributed by atoms with E-state index >= 15 is 0 Å². The number of carboxylic acids is 3. The van der Waals surface area contributed by atoms with Crippen molar-refractivity contribution in [3.05, 3.63) is 41.7 Å². The predicted octanol–water partition coefficient (Wildman–Crippen LogP) is 1.26. The first kappa shape index (κ1) is 34.4. The Bertz CT molecular complexity index is 1230. The summed E-state index contributed by atoms with van der Waals surface area (Å²) in [6.07, 6.45) is 2.04. The van der Waals surface area contributed by atoms with Crippen molar-refractivity contribution in [2.24, 2.45) is 0 Å². The van der Waals surface area contributed by atoms with Gasteiger partial charge in [0.1, 0.15) is 11.5 Å². The number of ether oxygens (including phenoxy) is 4. The first-order valence-electron chi connectivity index (χ1n) is 14.1. The Labute approximate surface area is 254 Å². The summed E-state index contributed by atoms with van der Waals surface area (Å²) in [6.45, 7) is 6.24. The van der Waals surface area contributed by atoms with E-state index in [1.165, 1.54) is 0 Å². The lowest BCUT2D eigenvalue weighted by Gasteiger charge is -2.28. The summed E-state index contributed by atoms with van der Waals surface area (Å²) in [6, 6.07) is 7.97. The van der Waals surface area contributed by atoms with E-state index in [4.69, 9.17) is 44.4 Å². The maximum atomic E-state index is 10.3. The summed E-state index contributed by atoms with van der Waals surface area (Å²) in [7, 11) is 3.36. The second kappa shape index (κ2) is 16.7. The summed E-state index contributed by atoms with van der Waals surface area (Å²) in [5, 5.41) is 33.8. The van der Waals surface area contributed by atoms with Crippen LogP contribution in [0.1, 0.15) is 36.9 Å². The fraction of sp³-hybridized carbons (Fsp3) is 0.552. The number of anilines is 1. The van der Waals surface area contributed by atoms with Gasteiger partial charge in [-0.1, -0.05) is 6.07 Å². The molecule has 1 atom stereocenters. The highest BCUT2D eigenvalue weighted by Gasteiger charge is 2.40. The minimum absolute atomic E-state index is 0.254. The predicted molar refractivity (Wildman–Crippen MR) is 155 cm³/mol.